The van der Waals surface area contributed by atoms with Gasteiger partial charge in [0.1, 0.15) is 24.3 Å². The van der Waals surface area contributed by atoms with Crippen LogP contribution in [0.2, 0.25) is 0 Å². The van der Waals surface area contributed by atoms with E-state index in [1.54, 1.807) is 6.20 Å². The smallest absolute Gasteiger partial charge is 0.229 e. The number of anilines is 4. The molecule has 2 aromatic carbocycles. The fourth-order valence-corrected chi connectivity index (χ4v) is 2.59. The van der Waals surface area contributed by atoms with Gasteiger partial charge in [-0.15, -0.1) is 0 Å². The lowest BCUT2D eigenvalue weighted by Crippen LogP contribution is -2.30. The van der Waals surface area contributed by atoms with Crippen molar-refractivity contribution >= 4 is 23.1 Å². The van der Waals surface area contributed by atoms with Crippen molar-refractivity contribution in [3.05, 3.63) is 66.9 Å². The molecule has 0 unspecified atom stereocenters. The predicted molar refractivity (Wildman–Crippen MR) is 112 cm³/mol. The van der Waals surface area contributed by atoms with E-state index >= 15 is 0 Å². The summed E-state index contributed by atoms with van der Waals surface area (Å²) >= 11 is 0. The van der Waals surface area contributed by atoms with Crippen LogP contribution in [0, 0.1) is 0 Å². The number of aliphatic hydroxyl groups excluding tert-OH is 1. The van der Waals surface area contributed by atoms with Gasteiger partial charge in [-0.05, 0) is 56.6 Å². The molecule has 0 radical (unpaired) electrons. The highest BCUT2D eigenvalue weighted by atomic mass is 16.5. The van der Waals surface area contributed by atoms with Crippen molar-refractivity contribution in [2.75, 3.05) is 37.9 Å². The molecule has 1 heterocycles. The summed E-state index contributed by atoms with van der Waals surface area (Å²) < 4.78 is 5.61. The molecule has 3 aromatic rings. The summed E-state index contributed by atoms with van der Waals surface area (Å²) in [5.41, 5.74) is 1.81. The molecule has 3 rings (SSSR count). The highest BCUT2D eigenvalue weighted by molar-refractivity contribution is 5.59. The number of hydrogen-bond acceptors (Lipinski definition) is 7. The number of aliphatic hydroxyl groups is 1. The Hall–Kier alpha value is -3.16. The molecule has 0 saturated carbocycles. The zero-order valence-electron chi connectivity index (χ0n) is 16.0. The lowest BCUT2D eigenvalue weighted by Gasteiger charge is -2.16. The van der Waals surface area contributed by atoms with Gasteiger partial charge >= 0.3 is 0 Å². The molecular weight excluding hydrogens is 354 g/mol. The maximum absolute atomic E-state index is 9.86. The number of likely N-dealkylation sites (N-methyl/N-ethyl adjacent to an activating group) is 1. The van der Waals surface area contributed by atoms with Crippen LogP contribution < -0.4 is 15.4 Å². The number of rotatable bonds is 9. The summed E-state index contributed by atoms with van der Waals surface area (Å²) in [6, 6.07) is 19.1. The van der Waals surface area contributed by atoms with Crippen LogP contribution in [0.3, 0.4) is 0 Å². The Kier molecular flexibility index (Phi) is 6.78. The summed E-state index contributed by atoms with van der Waals surface area (Å²) in [5, 5.41) is 16.3. The number of nitrogens with zero attached hydrogens (tertiary/aromatic N) is 3. The number of hydrogen-bond donors (Lipinski definition) is 3. The van der Waals surface area contributed by atoms with Crippen LogP contribution in [0.25, 0.3) is 0 Å². The van der Waals surface area contributed by atoms with Gasteiger partial charge in [0, 0.05) is 24.1 Å². The van der Waals surface area contributed by atoms with Crippen molar-refractivity contribution in [1.29, 1.82) is 0 Å². The molecule has 0 aliphatic rings. The van der Waals surface area contributed by atoms with E-state index in [1.807, 2.05) is 79.7 Å². The molecule has 0 aliphatic heterocycles. The maximum Gasteiger partial charge on any atom is 0.229 e. The predicted octanol–water partition coefficient (Wildman–Crippen LogP) is 3.27. The van der Waals surface area contributed by atoms with Gasteiger partial charge in [-0.2, -0.15) is 4.98 Å². The third kappa shape index (κ3) is 6.22. The number of aromatic nitrogens is 2. The van der Waals surface area contributed by atoms with Gasteiger partial charge in [-0.25, -0.2) is 4.98 Å². The molecule has 7 heteroatoms. The second-order valence-corrected chi connectivity index (χ2v) is 6.63. The zero-order chi connectivity index (χ0) is 19.8. The van der Waals surface area contributed by atoms with E-state index in [-0.39, 0.29) is 6.61 Å². The Balaban J connectivity index is 1.56. The van der Waals surface area contributed by atoms with E-state index in [4.69, 9.17) is 4.74 Å². The molecule has 28 heavy (non-hydrogen) atoms. The van der Waals surface area contributed by atoms with Crippen molar-refractivity contribution in [3.63, 3.8) is 0 Å². The molecule has 0 spiro atoms. The highest BCUT2D eigenvalue weighted by Gasteiger charge is 2.07. The Bertz CT molecular complexity index is 856. The number of para-hydroxylation sites is 1. The second kappa shape index (κ2) is 9.68. The SMILES string of the molecule is CN(C)C[C@H](O)COc1ccc(Nc2nccc(Nc3ccccc3)n2)cc1. The summed E-state index contributed by atoms with van der Waals surface area (Å²) in [7, 11) is 3.83. The van der Waals surface area contributed by atoms with Crippen LogP contribution in [0.1, 0.15) is 0 Å². The molecule has 0 fully saturated rings. The van der Waals surface area contributed by atoms with Gasteiger partial charge in [0.2, 0.25) is 5.95 Å². The lowest BCUT2D eigenvalue weighted by atomic mass is 10.3. The van der Waals surface area contributed by atoms with Crippen molar-refractivity contribution in [2.45, 2.75) is 6.10 Å². The second-order valence-electron chi connectivity index (χ2n) is 6.63. The Labute approximate surface area is 165 Å². The minimum Gasteiger partial charge on any atom is -0.491 e. The first kappa shape index (κ1) is 19.6. The summed E-state index contributed by atoms with van der Waals surface area (Å²) in [6.45, 7) is 0.811. The van der Waals surface area contributed by atoms with Gasteiger partial charge in [0.25, 0.3) is 0 Å². The molecule has 7 nitrogen and oxygen atoms in total. The van der Waals surface area contributed by atoms with Crippen LogP contribution in [-0.4, -0.2) is 53.3 Å². The maximum atomic E-state index is 9.86. The number of nitrogens with one attached hydrogen (secondary N) is 2. The monoisotopic (exact) mass is 379 g/mol. The number of benzene rings is 2. The van der Waals surface area contributed by atoms with Crippen LogP contribution in [-0.2, 0) is 0 Å². The average molecular weight is 379 g/mol. The summed E-state index contributed by atoms with van der Waals surface area (Å²) in [5.74, 6) is 1.90. The van der Waals surface area contributed by atoms with E-state index in [9.17, 15) is 5.11 Å². The van der Waals surface area contributed by atoms with Crippen molar-refractivity contribution in [1.82, 2.24) is 14.9 Å². The number of ether oxygens (including phenoxy) is 1. The van der Waals surface area contributed by atoms with E-state index in [0.717, 1.165) is 11.4 Å². The standard InChI is InChI=1S/C21H25N5O2/c1-26(2)14-18(27)15-28-19-10-8-17(9-11-19)24-21-22-13-12-20(25-21)23-16-6-4-3-5-7-16/h3-13,18,27H,14-15H2,1-2H3,(H2,22,23,24,25)/t18-/m0/s1. The molecule has 146 valence electrons. The van der Waals surface area contributed by atoms with Gasteiger partial charge in [-0.3, -0.25) is 0 Å². The minimum atomic E-state index is -0.527. The quantitative estimate of drug-likeness (QED) is 0.526. The van der Waals surface area contributed by atoms with Gasteiger partial charge in [-0.1, -0.05) is 18.2 Å². The normalized spacial score (nSPS) is 11.9. The average Bonchev–Trinajstić information content (AvgIpc) is 2.68. The Morgan fingerprint density at radius 3 is 2.39 bits per heavy atom. The highest BCUT2D eigenvalue weighted by Crippen LogP contribution is 2.20. The molecular formula is C21H25N5O2. The molecule has 1 atom stereocenters. The van der Waals surface area contributed by atoms with E-state index in [2.05, 4.69) is 20.6 Å². The van der Waals surface area contributed by atoms with E-state index < -0.39 is 6.10 Å². The fraction of sp³-hybridized carbons (Fsp3) is 0.238. The first-order chi connectivity index (χ1) is 13.6. The first-order valence-corrected chi connectivity index (χ1v) is 9.06. The van der Waals surface area contributed by atoms with Crippen molar-refractivity contribution in [2.24, 2.45) is 0 Å². The Morgan fingerprint density at radius 2 is 1.68 bits per heavy atom. The van der Waals surface area contributed by atoms with Gasteiger partial charge in [0.15, 0.2) is 0 Å². The molecule has 0 saturated heterocycles. The summed E-state index contributed by atoms with van der Waals surface area (Å²) in [4.78, 5) is 10.6. The topological polar surface area (TPSA) is 82.5 Å². The minimum absolute atomic E-state index is 0.251. The fourth-order valence-electron chi connectivity index (χ4n) is 2.59. The van der Waals surface area contributed by atoms with Crippen LogP contribution in [0.15, 0.2) is 66.9 Å². The van der Waals surface area contributed by atoms with E-state index in [0.29, 0.717) is 24.1 Å². The first-order valence-electron chi connectivity index (χ1n) is 9.06. The lowest BCUT2D eigenvalue weighted by molar-refractivity contribution is 0.0831. The third-order valence-corrected chi connectivity index (χ3v) is 3.83. The molecule has 0 aliphatic carbocycles. The largest absolute Gasteiger partial charge is 0.491 e. The van der Waals surface area contributed by atoms with E-state index in [1.165, 1.54) is 0 Å². The van der Waals surface area contributed by atoms with Crippen LogP contribution in [0.4, 0.5) is 23.1 Å². The third-order valence-electron chi connectivity index (χ3n) is 3.83. The van der Waals surface area contributed by atoms with Crippen LogP contribution >= 0.6 is 0 Å². The molecule has 0 bridgehead atoms. The van der Waals surface area contributed by atoms with Gasteiger partial charge in [0.05, 0.1) is 0 Å². The van der Waals surface area contributed by atoms with Crippen molar-refractivity contribution in [3.8, 4) is 5.75 Å². The zero-order valence-corrected chi connectivity index (χ0v) is 16.0. The molecule has 0 amide bonds. The Morgan fingerprint density at radius 1 is 0.964 bits per heavy atom. The van der Waals surface area contributed by atoms with Crippen LogP contribution in [0.5, 0.6) is 5.75 Å². The molecule has 3 N–H and O–H groups in total. The van der Waals surface area contributed by atoms with Crippen molar-refractivity contribution < 1.29 is 9.84 Å². The molecule has 1 aromatic heterocycles. The van der Waals surface area contributed by atoms with Gasteiger partial charge < -0.3 is 25.4 Å². The summed E-state index contributed by atoms with van der Waals surface area (Å²) in [6.07, 6.45) is 1.17.